The number of aliphatic hydroxyl groups excluding tert-OH is 3. The Morgan fingerprint density at radius 1 is 1.33 bits per heavy atom. The SMILES string of the molecule is [2H]CN[C@@H]1[C@@H](O)[C@H](O)[C@@H](CO)OC1(O)C(=O)CCCCCC. The minimum absolute atomic E-state index is 0.0631. The van der Waals surface area contributed by atoms with Gasteiger partial charge in [0, 0.05) is 7.79 Å². The van der Waals surface area contributed by atoms with Crippen molar-refractivity contribution in [1.29, 1.82) is 0 Å². The van der Waals surface area contributed by atoms with Crippen molar-refractivity contribution in [1.82, 2.24) is 5.32 Å². The number of likely N-dealkylation sites (N-methyl/N-ethyl adjacent to an activating group) is 1. The van der Waals surface area contributed by atoms with Gasteiger partial charge in [0.25, 0.3) is 0 Å². The second-order valence-corrected chi connectivity index (χ2v) is 5.43. The molecule has 0 spiro atoms. The van der Waals surface area contributed by atoms with Gasteiger partial charge in [-0.25, -0.2) is 0 Å². The average molecular weight is 306 g/mol. The zero-order chi connectivity index (χ0) is 16.8. The number of carbonyl (C=O) groups excluding carboxylic acids is 1. The van der Waals surface area contributed by atoms with Crippen molar-refractivity contribution >= 4 is 5.78 Å². The molecule has 1 heterocycles. The second kappa shape index (κ2) is 8.17. The quantitative estimate of drug-likeness (QED) is 0.362. The van der Waals surface area contributed by atoms with Crippen LogP contribution in [0.4, 0.5) is 0 Å². The van der Waals surface area contributed by atoms with Gasteiger partial charge in [-0.3, -0.25) is 4.79 Å². The van der Waals surface area contributed by atoms with E-state index >= 15 is 0 Å². The maximum atomic E-state index is 12.3. The summed E-state index contributed by atoms with van der Waals surface area (Å²) in [6, 6.07) is -1.32. The van der Waals surface area contributed by atoms with Gasteiger partial charge in [-0.1, -0.05) is 26.2 Å². The lowest BCUT2D eigenvalue weighted by molar-refractivity contribution is -0.302. The first kappa shape index (κ1) is 16.8. The number of carbonyl (C=O) groups is 1. The van der Waals surface area contributed by atoms with Gasteiger partial charge in [0.05, 0.1) is 12.6 Å². The molecule has 1 unspecified atom stereocenters. The van der Waals surface area contributed by atoms with Crippen LogP contribution in [-0.2, 0) is 9.53 Å². The lowest BCUT2D eigenvalue weighted by atomic mass is 9.86. The van der Waals surface area contributed by atoms with Crippen molar-refractivity contribution in [2.75, 3.05) is 13.6 Å². The van der Waals surface area contributed by atoms with Gasteiger partial charge < -0.3 is 30.5 Å². The fourth-order valence-corrected chi connectivity index (χ4v) is 2.56. The molecule has 1 saturated heterocycles. The Bertz CT molecular complexity index is 358. The van der Waals surface area contributed by atoms with Crippen LogP contribution in [0.25, 0.3) is 0 Å². The number of Topliss-reactive ketones (excluding diaryl/α,β-unsaturated/α-hetero) is 1. The van der Waals surface area contributed by atoms with E-state index in [0.717, 1.165) is 19.3 Å². The van der Waals surface area contributed by atoms with Crippen molar-refractivity contribution in [3.05, 3.63) is 0 Å². The Balaban J connectivity index is 2.85. The van der Waals surface area contributed by atoms with E-state index in [9.17, 15) is 25.2 Å². The van der Waals surface area contributed by atoms with Crippen molar-refractivity contribution in [2.24, 2.45) is 0 Å². The molecule has 0 saturated carbocycles. The summed E-state index contributed by atoms with van der Waals surface area (Å²) in [6.07, 6.45) is -0.783. The highest BCUT2D eigenvalue weighted by Crippen LogP contribution is 2.30. The molecule has 0 amide bonds. The second-order valence-electron chi connectivity index (χ2n) is 5.43. The fourth-order valence-electron chi connectivity index (χ4n) is 2.56. The number of ether oxygens (including phenoxy) is 1. The summed E-state index contributed by atoms with van der Waals surface area (Å²) in [4.78, 5) is 12.3. The molecule has 5 atom stereocenters. The van der Waals surface area contributed by atoms with Crippen LogP contribution in [0.1, 0.15) is 40.4 Å². The molecule has 124 valence electrons. The van der Waals surface area contributed by atoms with E-state index in [-0.39, 0.29) is 13.4 Å². The summed E-state index contributed by atoms with van der Waals surface area (Å²) < 4.78 is 12.4. The molecule has 0 aliphatic carbocycles. The molecule has 1 rings (SSSR count). The van der Waals surface area contributed by atoms with E-state index < -0.39 is 42.5 Å². The Labute approximate surface area is 126 Å². The Hall–Kier alpha value is -0.570. The molecule has 0 aromatic heterocycles. The van der Waals surface area contributed by atoms with Gasteiger partial charge in [-0.2, -0.15) is 0 Å². The number of hydrogen-bond donors (Lipinski definition) is 5. The number of aliphatic hydroxyl groups is 4. The minimum atomic E-state index is -2.36. The smallest absolute Gasteiger partial charge is 0.245 e. The number of nitrogens with one attached hydrogen (secondary N) is 1. The summed E-state index contributed by atoms with van der Waals surface area (Å²) >= 11 is 0. The monoisotopic (exact) mass is 306 g/mol. The molecule has 1 fully saturated rings. The first-order valence-electron chi connectivity index (χ1n) is 8.06. The van der Waals surface area contributed by atoms with E-state index in [2.05, 4.69) is 5.32 Å². The zero-order valence-electron chi connectivity index (χ0n) is 13.4. The highest BCUT2D eigenvalue weighted by atomic mass is 16.7. The molecule has 1 aliphatic heterocycles. The van der Waals surface area contributed by atoms with Gasteiger partial charge >= 0.3 is 0 Å². The molecule has 1 aliphatic rings. The third kappa shape index (κ3) is 4.00. The summed E-state index contributed by atoms with van der Waals surface area (Å²) in [5.74, 6) is -2.99. The molecular weight excluding hydrogens is 278 g/mol. The normalized spacial score (nSPS) is 37.3. The van der Waals surface area contributed by atoms with Crippen LogP contribution in [0, 0.1) is 0 Å². The average Bonchev–Trinajstić information content (AvgIpc) is 2.51. The highest BCUT2D eigenvalue weighted by molar-refractivity contribution is 5.86. The standard InChI is InChI=1S/C14H27NO6/c1-3-4-5-6-7-10(17)14(20)13(15-2)12(19)11(18)9(8-16)21-14/h9,11-13,15-16,18-20H,3-8H2,1-2H3/t9-,11-,12+,13-,14?/m1/s1/i2D. The first-order chi connectivity index (χ1) is 10.4. The molecule has 5 N–H and O–H groups in total. The van der Waals surface area contributed by atoms with E-state index in [1.807, 2.05) is 6.92 Å². The molecular formula is C14H27NO6. The van der Waals surface area contributed by atoms with E-state index in [1.54, 1.807) is 0 Å². The van der Waals surface area contributed by atoms with E-state index in [1.165, 1.54) is 0 Å². The lowest BCUT2D eigenvalue weighted by Crippen LogP contribution is -2.71. The zero-order valence-corrected chi connectivity index (χ0v) is 12.4. The predicted molar refractivity (Wildman–Crippen MR) is 75.5 cm³/mol. The topological polar surface area (TPSA) is 119 Å². The van der Waals surface area contributed by atoms with Crippen LogP contribution < -0.4 is 5.32 Å². The van der Waals surface area contributed by atoms with Gasteiger partial charge in [-0.15, -0.1) is 0 Å². The summed E-state index contributed by atoms with van der Waals surface area (Å²) in [7, 11) is -0.368. The van der Waals surface area contributed by atoms with E-state index in [0.29, 0.717) is 6.42 Å². The van der Waals surface area contributed by atoms with Crippen molar-refractivity contribution in [3.63, 3.8) is 0 Å². The maximum absolute atomic E-state index is 12.3. The summed E-state index contributed by atoms with van der Waals surface area (Å²) in [6.45, 7) is 1.40. The molecule has 7 heteroatoms. The molecule has 0 bridgehead atoms. The van der Waals surface area contributed by atoms with Crippen LogP contribution >= 0.6 is 0 Å². The first-order valence-corrected chi connectivity index (χ1v) is 7.35. The van der Waals surface area contributed by atoms with Crippen molar-refractivity contribution in [3.8, 4) is 0 Å². The van der Waals surface area contributed by atoms with Crippen LogP contribution in [0.2, 0.25) is 0 Å². The third-order valence-corrected chi connectivity index (χ3v) is 3.88. The Morgan fingerprint density at radius 2 is 2.05 bits per heavy atom. The predicted octanol–water partition coefficient (Wildman–Crippen LogP) is -1.08. The van der Waals surface area contributed by atoms with Crippen LogP contribution in [0.15, 0.2) is 0 Å². The Morgan fingerprint density at radius 3 is 2.62 bits per heavy atom. The minimum Gasteiger partial charge on any atom is -0.394 e. The lowest BCUT2D eigenvalue weighted by Gasteiger charge is -2.46. The fraction of sp³-hybridized carbons (Fsp3) is 0.929. The largest absolute Gasteiger partial charge is 0.394 e. The van der Waals surface area contributed by atoms with Gasteiger partial charge in [0.1, 0.15) is 18.3 Å². The summed E-state index contributed by atoms with van der Waals surface area (Å²) in [5.41, 5.74) is 0. The number of hydrogen-bond acceptors (Lipinski definition) is 7. The van der Waals surface area contributed by atoms with Crippen molar-refractivity contribution in [2.45, 2.75) is 69.2 Å². The molecule has 0 radical (unpaired) electrons. The van der Waals surface area contributed by atoms with Crippen LogP contribution in [0.5, 0.6) is 0 Å². The van der Waals surface area contributed by atoms with E-state index in [4.69, 9.17) is 6.11 Å². The molecule has 7 nitrogen and oxygen atoms in total. The maximum Gasteiger partial charge on any atom is 0.245 e. The molecule has 21 heavy (non-hydrogen) atoms. The van der Waals surface area contributed by atoms with Gasteiger partial charge in [0.15, 0.2) is 5.78 Å². The van der Waals surface area contributed by atoms with Crippen LogP contribution in [-0.4, -0.2) is 70.0 Å². The number of rotatable bonds is 8. The summed E-state index contributed by atoms with van der Waals surface area (Å²) in [5, 5.41) is 42.1. The number of unbranched alkanes of at least 4 members (excludes halogenated alkanes) is 3. The highest BCUT2D eigenvalue weighted by Gasteiger charge is 2.56. The van der Waals surface area contributed by atoms with Crippen LogP contribution in [0.3, 0.4) is 0 Å². The third-order valence-electron chi connectivity index (χ3n) is 3.88. The molecule has 0 aromatic rings. The Kier molecular flexibility index (Phi) is 6.53. The van der Waals surface area contributed by atoms with Gasteiger partial charge in [-0.05, 0) is 13.4 Å². The van der Waals surface area contributed by atoms with Gasteiger partial charge in [0.2, 0.25) is 5.79 Å². The number of ketones is 1. The van der Waals surface area contributed by atoms with Crippen molar-refractivity contribution < 1.29 is 31.3 Å². The molecule has 0 aromatic carbocycles.